The zero-order chi connectivity index (χ0) is 25.0. The van der Waals surface area contributed by atoms with E-state index in [1.165, 1.54) is 10.2 Å². The molecule has 1 aliphatic heterocycles. The van der Waals surface area contributed by atoms with E-state index < -0.39 is 15.6 Å². The smallest absolute Gasteiger partial charge is 0.410 e. The highest BCUT2D eigenvalue weighted by Gasteiger charge is 2.31. The van der Waals surface area contributed by atoms with Gasteiger partial charge >= 0.3 is 6.09 Å². The van der Waals surface area contributed by atoms with Crippen LogP contribution in [0.1, 0.15) is 50.9 Å². The molecule has 4 aromatic rings. The summed E-state index contributed by atoms with van der Waals surface area (Å²) < 4.78 is 35.4. The quantitative estimate of drug-likeness (QED) is 0.419. The summed E-state index contributed by atoms with van der Waals surface area (Å²) in [6, 6.07) is 8.51. The molecule has 3 aromatic heterocycles. The summed E-state index contributed by atoms with van der Waals surface area (Å²) in [5, 5.41) is 0. The van der Waals surface area contributed by atoms with E-state index in [1.54, 1.807) is 47.6 Å². The molecule has 9 nitrogen and oxygen atoms in total. The standard InChI is InChI=1S/C25H29N5O4S/c1-17-7-9-20(10-8-17)35(32,33)29-13-11-21-23(29)27-15-19-14-26-22(30(19)21)18-6-5-12-28(16-18)24(31)34-25(2,3)4/h7-11,13-15,18H,5-6,12,16H2,1-4H3/t18-/m1/s1. The minimum atomic E-state index is -3.81. The maximum Gasteiger partial charge on any atom is 0.410 e. The van der Waals surface area contributed by atoms with Gasteiger partial charge in [0.15, 0.2) is 5.65 Å². The van der Waals surface area contributed by atoms with Gasteiger partial charge in [0.05, 0.1) is 28.3 Å². The summed E-state index contributed by atoms with van der Waals surface area (Å²) in [5.41, 5.74) is 2.18. The van der Waals surface area contributed by atoms with E-state index in [-0.39, 0.29) is 16.9 Å². The second-order valence-electron chi connectivity index (χ2n) is 10.0. The fourth-order valence-electron chi connectivity index (χ4n) is 4.54. The number of ether oxygens (including phenoxy) is 1. The average molecular weight is 496 g/mol. The Balaban J connectivity index is 1.54. The molecule has 1 amide bonds. The number of likely N-dealkylation sites (tertiary alicyclic amines) is 1. The highest BCUT2D eigenvalue weighted by molar-refractivity contribution is 7.90. The van der Waals surface area contributed by atoms with E-state index in [0.717, 1.165) is 29.7 Å². The van der Waals surface area contributed by atoms with Crippen molar-refractivity contribution in [1.29, 1.82) is 0 Å². The fraction of sp³-hybridized carbons (Fsp3) is 0.400. The molecule has 1 aliphatic rings. The first-order valence-electron chi connectivity index (χ1n) is 11.7. The van der Waals surface area contributed by atoms with Crippen molar-refractivity contribution < 1.29 is 17.9 Å². The van der Waals surface area contributed by atoms with Crippen LogP contribution < -0.4 is 0 Å². The molecule has 4 heterocycles. The second-order valence-corrected chi connectivity index (χ2v) is 11.9. The Morgan fingerprint density at radius 3 is 2.51 bits per heavy atom. The lowest BCUT2D eigenvalue weighted by molar-refractivity contribution is 0.0196. The molecule has 0 unspecified atom stereocenters. The topological polar surface area (TPSA) is 98.8 Å². The van der Waals surface area contributed by atoms with Gasteiger partial charge in [0.25, 0.3) is 10.0 Å². The zero-order valence-electron chi connectivity index (χ0n) is 20.3. The third kappa shape index (κ3) is 4.27. The van der Waals surface area contributed by atoms with Gasteiger partial charge in [0, 0.05) is 25.2 Å². The number of imidazole rings is 1. The number of hydrogen-bond donors (Lipinski definition) is 0. The van der Waals surface area contributed by atoms with Crippen LogP contribution in [-0.2, 0) is 14.8 Å². The van der Waals surface area contributed by atoms with Gasteiger partial charge in [-0.25, -0.2) is 27.2 Å². The van der Waals surface area contributed by atoms with Gasteiger partial charge in [-0.1, -0.05) is 17.7 Å². The van der Waals surface area contributed by atoms with Crippen LogP contribution in [0.3, 0.4) is 0 Å². The largest absolute Gasteiger partial charge is 0.444 e. The molecule has 0 radical (unpaired) electrons. The maximum atomic E-state index is 13.4. The van der Waals surface area contributed by atoms with Crippen molar-refractivity contribution in [2.75, 3.05) is 13.1 Å². The molecular weight excluding hydrogens is 466 g/mol. The number of carbonyl (C=O) groups is 1. The van der Waals surface area contributed by atoms with E-state index in [1.807, 2.05) is 32.1 Å². The van der Waals surface area contributed by atoms with Crippen molar-refractivity contribution in [2.45, 2.75) is 57.0 Å². The van der Waals surface area contributed by atoms with E-state index >= 15 is 0 Å². The summed E-state index contributed by atoms with van der Waals surface area (Å²) in [4.78, 5) is 23.7. The highest BCUT2D eigenvalue weighted by atomic mass is 32.2. The molecule has 0 N–H and O–H groups in total. The lowest BCUT2D eigenvalue weighted by Gasteiger charge is -2.33. The Labute approximate surface area is 204 Å². The SMILES string of the molecule is Cc1ccc(S(=O)(=O)n2ccc3c2ncc2cnc([C@@H]4CCCN(C(=O)OC(C)(C)C)C4)n23)cc1. The zero-order valence-corrected chi connectivity index (χ0v) is 21.1. The van der Waals surface area contributed by atoms with E-state index in [2.05, 4.69) is 9.97 Å². The monoisotopic (exact) mass is 495 g/mol. The molecule has 10 heteroatoms. The number of benzene rings is 1. The number of nitrogens with zero attached hydrogens (tertiary/aromatic N) is 5. The van der Waals surface area contributed by atoms with Crippen molar-refractivity contribution in [3.05, 3.63) is 60.3 Å². The van der Waals surface area contributed by atoms with Gasteiger partial charge in [-0.05, 0) is 58.7 Å². The minimum absolute atomic E-state index is 0.0126. The number of amides is 1. The first-order valence-corrected chi connectivity index (χ1v) is 13.1. The molecule has 1 fully saturated rings. The molecule has 1 saturated heterocycles. The Bertz CT molecular complexity index is 1510. The third-order valence-corrected chi connectivity index (χ3v) is 7.88. The Morgan fingerprint density at radius 1 is 1.09 bits per heavy atom. The van der Waals surface area contributed by atoms with Crippen molar-refractivity contribution in [2.24, 2.45) is 0 Å². The van der Waals surface area contributed by atoms with Gasteiger partial charge in [-0.3, -0.25) is 4.40 Å². The third-order valence-electron chi connectivity index (χ3n) is 6.20. The molecule has 0 aliphatic carbocycles. The Hall–Kier alpha value is -3.40. The Kier molecular flexibility index (Phi) is 5.58. The summed E-state index contributed by atoms with van der Waals surface area (Å²) in [5.74, 6) is 0.771. The fourth-order valence-corrected chi connectivity index (χ4v) is 5.84. The number of piperidine rings is 1. The van der Waals surface area contributed by atoms with E-state index in [4.69, 9.17) is 4.74 Å². The van der Waals surface area contributed by atoms with Crippen LogP contribution >= 0.6 is 0 Å². The first-order chi connectivity index (χ1) is 16.5. The molecule has 0 bridgehead atoms. The first kappa shape index (κ1) is 23.3. The van der Waals surface area contributed by atoms with E-state index in [9.17, 15) is 13.2 Å². The summed E-state index contributed by atoms with van der Waals surface area (Å²) in [7, 11) is -3.81. The average Bonchev–Trinajstić information content (AvgIpc) is 3.43. The van der Waals surface area contributed by atoms with Crippen molar-refractivity contribution in [1.82, 2.24) is 23.2 Å². The van der Waals surface area contributed by atoms with Crippen LogP contribution in [-0.4, -0.2) is 56.4 Å². The van der Waals surface area contributed by atoms with Crippen LogP contribution in [0, 0.1) is 6.92 Å². The lowest BCUT2D eigenvalue weighted by atomic mass is 9.97. The van der Waals surface area contributed by atoms with Crippen LogP contribution in [0.4, 0.5) is 4.79 Å². The molecule has 1 atom stereocenters. The number of rotatable bonds is 3. The summed E-state index contributed by atoms with van der Waals surface area (Å²) in [6.45, 7) is 8.60. The van der Waals surface area contributed by atoms with Gasteiger partial charge < -0.3 is 9.64 Å². The highest BCUT2D eigenvalue weighted by Crippen LogP contribution is 2.30. The van der Waals surface area contributed by atoms with Crippen LogP contribution in [0.15, 0.2) is 53.8 Å². The molecule has 1 aromatic carbocycles. The van der Waals surface area contributed by atoms with Crippen LogP contribution in [0.2, 0.25) is 0 Å². The predicted molar refractivity (Wildman–Crippen MR) is 132 cm³/mol. The van der Waals surface area contributed by atoms with Gasteiger partial charge in [0.2, 0.25) is 0 Å². The Morgan fingerprint density at radius 2 is 1.80 bits per heavy atom. The second kappa shape index (κ2) is 8.37. The summed E-state index contributed by atoms with van der Waals surface area (Å²) >= 11 is 0. The van der Waals surface area contributed by atoms with Crippen LogP contribution in [0.25, 0.3) is 16.7 Å². The molecule has 184 valence electrons. The molecule has 5 rings (SSSR count). The van der Waals surface area contributed by atoms with Gasteiger partial charge in [-0.2, -0.15) is 0 Å². The van der Waals surface area contributed by atoms with Crippen molar-refractivity contribution in [3.8, 4) is 0 Å². The normalized spacial score (nSPS) is 17.3. The lowest BCUT2D eigenvalue weighted by Crippen LogP contribution is -2.42. The van der Waals surface area contributed by atoms with Crippen molar-refractivity contribution in [3.63, 3.8) is 0 Å². The molecular formula is C25H29N5O4S. The van der Waals surface area contributed by atoms with Gasteiger partial charge in [0.1, 0.15) is 11.4 Å². The van der Waals surface area contributed by atoms with Crippen LogP contribution in [0.5, 0.6) is 0 Å². The van der Waals surface area contributed by atoms with Gasteiger partial charge in [-0.15, -0.1) is 0 Å². The number of aromatic nitrogens is 4. The van der Waals surface area contributed by atoms with E-state index in [0.29, 0.717) is 24.3 Å². The molecule has 35 heavy (non-hydrogen) atoms. The number of fused-ring (bicyclic) bond motifs is 3. The molecule has 0 saturated carbocycles. The molecule has 0 spiro atoms. The maximum absolute atomic E-state index is 13.4. The number of carbonyl (C=O) groups excluding carboxylic acids is 1. The number of hydrogen-bond acceptors (Lipinski definition) is 6. The summed E-state index contributed by atoms with van der Waals surface area (Å²) in [6.07, 6.45) is 6.27. The van der Waals surface area contributed by atoms with Crippen molar-refractivity contribution >= 4 is 32.8 Å². The number of aryl methyl sites for hydroxylation is 1. The predicted octanol–water partition coefficient (Wildman–Crippen LogP) is 4.34. The minimum Gasteiger partial charge on any atom is -0.444 e.